The van der Waals surface area contributed by atoms with Crippen LogP contribution in [0.3, 0.4) is 0 Å². The molecule has 676 valence electrons. The molecule has 4 aliphatic carbocycles. The topological polar surface area (TPSA) is 334 Å². The number of Topliss-reactive ketones (excluding diaryl/α,β-unsaturated/α-hetero) is 5. The van der Waals surface area contributed by atoms with Crippen molar-refractivity contribution in [2.45, 2.75) is 402 Å². The van der Waals surface area contributed by atoms with Crippen molar-refractivity contribution in [3.8, 4) is 6.07 Å². The number of fused-ring (bicyclic) bond motifs is 12. The third-order valence-electron chi connectivity index (χ3n) is 32.8. The van der Waals surface area contributed by atoms with Crippen molar-refractivity contribution in [3.05, 3.63) is 0 Å². The summed E-state index contributed by atoms with van der Waals surface area (Å²) in [5, 5.41) is 29.9. The van der Waals surface area contributed by atoms with Crippen LogP contribution in [-0.4, -0.2) is 163 Å². The molecule has 6 amide bonds. The third kappa shape index (κ3) is 24.5. The number of aldehydes is 1. The number of piperidine rings is 4. The first-order chi connectivity index (χ1) is 57.0. The fourth-order valence-corrected chi connectivity index (χ4v) is 24.1. The summed E-state index contributed by atoms with van der Waals surface area (Å²) in [7, 11) is 0. The lowest BCUT2D eigenvalue weighted by molar-refractivity contribution is -0.144. The minimum atomic E-state index is -1.31. The molecule has 0 aromatic rings. The van der Waals surface area contributed by atoms with E-state index >= 15 is 0 Å². The molecule has 4 saturated carbocycles. The second-order valence-electron chi connectivity index (χ2n) is 42.7. The molecule has 8 saturated heterocycles. The summed E-state index contributed by atoms with van der Waals surface area (Å²) >= 11 is 0. The van der Waals surface area contributed by atoms with E-state index in [2.05, 4.69) is 55.4 Å². The highest BCUT2D eigenvalue weighted by molar-refractivity contribution is 6.36. The largest absolute Gasteiger partial charge is 0.383 e. The molecule has 12 rings (SSSR count). The predicted octanol–water partition coefficient (Wildman–Crippen LogP) is 16.4. The quantitative estimate of drug-likeness (QED) is 0.109. The van der Waals surface area contributed by atoms with E-state index in [-0.39, 0.29) is 159 Å². The Bertz CT molecular complexity index is 3540. The molecule has 8 heterocycles. The van der Waals surface area contributed by atoms with Crippen LogP contribution >= 0.6 is 0 Å². The van der Waals surface area contributed by atoms with E-state index in [1.165, 1.54) is 96.3 Å². The fourth-order valence-electron chi connectivity index (χ4n) is 24.1. The summed E-state index contributed by atoms with van der Waals surface area (Å²) in [6, 6.07) is 0.396. The van der Waals surface area contributed by atoms with Crippen LogP contribution in [0.2, 0.25) is 0 Å². The minimum Gasteiger partial charge on any atom is -0.383 e. The Hall–Kier alpha value is -5.75. The maximum Gasteiger partial charge on any atom is 0.285 e. The zero-order valence-corrected chi connectivity index (χ0v) is 76.4. The molecule has 0 bridgehead atoms. The van der Waals surface area contributed by atoms with Crippen molar-refractivity contribution >= 4 is 70.6 Å². The number of carbonyl (C=O) groups excluding carboxylic acids is 12. The number of ketones is 5. The first-order valence-corrected chi connectivity index (χ1v) is 48.6. The Morgan fingerprint density at radius 1 is 0.367 bits per heavy atom. The number of amides is 6. The molecule has 8 aliphatic heterocycles. The van der Waals surface area contributed by atoms with Gasteiger partial charge in [0.2, 0.25) is 35.3 Å². The molecule has 12 aliphatic rings. The van der Waals surface area contributed by atoms with Gasteiger partial charge in [0.05, 0.1) is 30.2 Å². The van der Waals surface area contributed by atoms with Gasteiger partial charge in [-0.25, -0.2) is 0 Å². The van der Waals surface area contributed by atoms with Crippen LogP contribution in [0.1, 0.15) is 366 Å². The average molecular weight is 1670 g/mol. The van der Waals surface area contributed by atoms with Gasteiger partial charge in [0.25, 0.3) is 5.91 Å². The van der Waals surface area contributed by atoms with Gasteiger partial charge in [0.1, 0.15) is 18.5 Å². The van der Waals surface area contributed by atoms with Gasteiger partial charge in [-0.3, -0.25) is 52.7 Å². The fraction of sp³-hybridized carbons (Fsp3) is 0.869. The monoisotopic (exact) mass is 1670 g/mol. The number of aliphatic hydroxyl groups excluding tert-OH is 2. The summed E-state index contributed by atoms with van der Waals surface area (Å²) in [6.45, 7) is 28.2. The highest BCUT2D eigenvalue weighted by Crippen LogP contribution is 2.68. The van der Waals surface area contributed by atoms with E-state index in [9.17, 15) is 73.0 Å². The number of carbonyl (C=O) groups is 12. The summed E-state index contributed by atoms with van der Waals surface area (Å²) in [6.07, 6.45) is 41.5. The highest BCUT2D eigenvalue weighted by atomic mass is 16.3. The molecule has 0 aromatic heterocycles. The van der Waals surface area contributed by atoms with E-state index < -0.39 is 53.7 Å². The molecular weight excluding hydrogens is 1510 g/mol. The van der Waals surface area contributed by atoms with Crippen molar-refractivity contribution in [2.24, 2.45) is 128 Å². The minimum absolute atomic E-state index is 0.00605. The Labute approximate surface area is 721 Å². The molecule has 0 radical (unpaired) electrons. The van der Waals surface area contributed by atoms with Gasteiger partial charge in [-0.05, 0) is 120 Å². The van der Waals surface area contributed by atoms with E-state index in [1.54, 1.807) is 4.90 Å². The van der Waals surface area contributed by atoms with Crippen molar-refractivity contribution < 1.29 is 67.7 Å². The molecule has 10 unspecified atom stereocenters. The molecular formula is C99H161N7O14. The maximum atomic E-state index is 13.5. The van der Waals surface area contributed by atoms with E-state index in [4.69, 9.17) is 11.5 Å². The number of rotatable bonds is 6. The van der Waals surface area contributed by atoms with Crippen LogP contribution < -0.4 is 11.5 Å². The molecule has 21 heteroatoms. The lowest BCUT2D eigenvalue weighted by Gasteiger charge is -2.33. The van der Waals surface area contributed by atoms with Crippen LogP contribution in [0.4, 0.5) is 0 Å². The van der Waals surface area contributed by atoms with Crippen molar-refractivity contribution in [1.82, 2.24) is 19.6 Å². The second-order valence-corrected chi connectivity index (χ2v) is 42.7. The zero-order valence-electron chi connectivity index (χ0n) is 76.4. The average Bonchev–Trinajstić information content (AvgIpc) is 1.55. The Kier molecular flexibility index (Phi) is 36.3. The normalized spacial score (nSPS) is 36.4. The van der Waals surface area contributed by atoms with Gasteiger partial charge < -0.3 is 46.1 Å². The molecule has 120 heavy (non-hydrogen) atoms. The van der Waals surface area contributed by atoms with E-state index in [0.717, 1.165) is 154 Å². The summed E-state index contributed by atoms with van der Waals surface area (Å²) in [5.41, 5.74) is 11.0. The molecule has 22 atom stereocenters. The van der Waals surface area contributed by atoms with Crippen LogP contribution in [0.25, 0.3) is 0 Å². The van der Waals surface area contributed by atoms with Crippen LogP contribution in [0, 0.1) is 128 Å². The summed E-state index contributed by atoms with van der Waals surface area (Å²) in [5.74, 6) is -1.25. The Balaban J connectivity index is 0.000000182. The first-order valence-electron chi connectivity index (χ1n) is 48.6. The van der Waals surface area contributed by atoms with Crippen LogP contribution in [-0.2, 0) is 57.5 Å². The lowest BCUT2D eigenvalue weighted by Crippen LogP contribution is -2.48. The van der Waals surface area contributed by atoms with E-state index in [1.807, 2.05) is 48.5 Å². The Morgan fingerprint density at radius 2 is 0.608 bits per heavy atom. The van der Waals surface area contributed by atoms with Gasteiger partial charge >= 0.3 is 0 Å². The van der Waals surface area contributed by atoms with Gasteiger partial charge in [0, 0.05) is 99.2 Å². The van der Waals surface area contributed by atoms with E-state index in [0.29, 0.717) is 69.0 Å². The molecule has 12 fully saturated rings. The second kappa shape index (κ2) is 44.4. The Morgan fingerprint density at radius 3 is 0.883 bits per heavy atom. The third-order valence-corrected chi connectivity index (χ3v) is 32.8. The summed E-state index contributed by atoms with van der Waals surface area (Å²) < 4.78 is 0. The van der Waals surface area contributed by atoms with Crippen LogP contribution in [0.15, 0.2) is 0 Å². The van der Waals surface area contributed by atoms with Crippen molar-refractivity contribution in [3.63, 3.8) is 0 Å². The van der Waals surface area contributed by atoms with Crippen LogP contribution in [0.5, 0.6) is 0 Å². The van der Waals surface area contributed by atoms with Gasteiger partial charge in [-0.2, -0.15) is 5.26 Å². The molecule has 0 aromatic carbocycles. The number of nitrogens with zero attached hydrogens (tertiary/aromatic N) is 5. The smallest absolute Gasteiger partial charge is 0.285 e. The number of primary amides is 2. The number of nitriles is 1. The first kappa shape index (κ1) is 98.0. The SMILES string of the molecule is C[C@H]1CCCCCCCCCC[C@@H](C(=O)C(N)=O)CC(=O)[C@@H]2C3C(CN2C1=O)C3(C)C.C[C@H]1CCCCCCCCCC[C@@H](C(O)C#N)CC(=O)[C@@H]2C3C(CN2C1=O)C3(C)C.C[C@H]1CCCCCCCCCC[C@@H](C(O)C(N)=O)CC(=O)[C@@H]2C3C(CN2C1=O)C3(C)C.C[C@H]1CCCCCCCCCC[C@@H](C=O)CC(=O)[C@@H]2C3C(CN2C1=O)C3(C)C. The molecule has 0 spiro atoms. The highest BCUT2D eigenvalue weighted by Gasteiger charge is 2.73. The standard InChI is InChI=1S/C25H42N2O4.C25H40N2O4.C25H40N2O3.C24H39NO3/c2*1-16-12-10-8-6-4-5-7-9-11-13-17(22(29)23(26)30)14-19(28)21-20-18(25(20,2)3)15-27(21)24(16)31;1-17-12-10-8-6-4-5-7-9-11-13-18(21(29)15-26)14-20(28)23-22-19(25(22,2)3)16-27(23)24(17)30;1-17-12-10-8-6-4-5-7-9-11-13-18(16-26)14-20(27)22-21-19(24(21,2)3)15-25(22)23(17)28/h16-18,20-22,29H,4-15H2,1-3H3,(H2,26,30);16-18,20-21H,4-15H2,1-3H3,(H2,26,30);17-19,21-23,29H,4-14,16H2,1-3H3;16-19,21-22H,4-15H2,1-3H3/t16-,17+,18?,20?,21+,22?;16-,17+,18?,20?,21+;17-,18+,19?,21?,22?,23+;17-,18+,19?,21?,22+/m0000/s1. The lowest BCUT2D eigenvalue weighted by atomic mass is 9.86. The number of nitrogens with two attached hydrogens (primary N) is 2. The van der Waals surface area contributed by atoms with Gasteiger partial charge in [0.15, 0.2) is 23.1 Å². The predicted molar refractivity (Wildman–Crippen MR) is 466 cm³/mol. The van der Waals surface area contributed by atoms with Gasteiger partial charge in [-0.1, -0.05) is 289 Å². The number of hydrogen-bond donors (Lipinski definition) is 4. The number of aliphatic hydroxyl groups is 2. The maximum absolute atomic E-state index is 13.5. The van der Waals surface area contributed by atoms with Crippen molar-refractivity contribution in [2.75, 3.05) is 26.2 Å². The molecule has 21 nitrogen and oxygen atoms in total. The molecule has 6 N–H and O–H groups in total. The zero-order chi connectivity index (χ0) is 87.7. The number of hydrogen-bond acceptors (Lipinski definition) is 15. The van der Waals surface area contributed by atoms with Crippen molar-refractivity contribution in [1.29, 1.82) is 5.26 Å². The van der Waals surface area contributed by atoms with Gasteiger partial charge in [-0.15, -0.1) is 0 Å². The summed E-state index contributed by atoms with van der Waals surface area (Å²) in [4.78, 5) is 161.